The summed E-state index contributed by atoms with van der Waals surface area (Å²) in [6, 6.07) is 0.749. The maximum atomic E-state index is 9.85. The average Bonchev–Trinajstić information content (AvgIpc) is 2.74. The molecule has 0 aromatic carbocycles. The monoisotopic (exact) mass is 213 g/mol. The summed E-state index contributed by atoms with van der Waals surface area (Å²) in [7, 11) is 2.19. The van der Waals surface area contributed by atoms with Gasteiger partial charge in [-0.3, -0.25) is 0 Å². The largest absolute Gasteiger partial charge is 0.393 e. The molecule has 0 spiro atoms. The van der Waals surface area contributed by atoms with E-state index in [0.29, 0.717) is 5.92 Å². The average molecular weight is 213 g/mol. The van der Waals surface area contributed by atoms with Gasteiger partial charge in [0, 0.05) is 25.1 Å². The van der Waals surface area contributed by atoms with Crippen molar-refractivity contribution in [3.05, 3.63) is 0 Å². The van der Waals surface area contributed by atoms with E-state index in [2.05, 4.69) is 11.9 Å². The fraction of sp³-hybridized carbons (Fsp3) is 1.00. The van der Waals surface area contributed by atoms with Crippen molar-refractivity contribution in [2.75, 3.05) is 26.8 Å². The second kappa shape index (κ2) is 5.28. The van der Waals surface area contributed by atoms with Crippen molar-refractivity contribution >= 4 is 0 Å². The van der Waals surface area contributed by atoms with Crippen LogP contribution in [0, 0.1) is 5.92 Å². The van der Waals surface area contributed by atoms with E-state index < -0.39 is 0 Å². The van der Waals surface area contributed by atoms with Crippen molar-refractivity contribution in [3.8, 4) is 0 Å². The van der Waals surface area contributed by atoms with Gasteiger partial charge >= 0.3 is 0 Å². The third-order valence-corrected chi connectivity index (χ3v) is 3.90. The molecule has 1 N–H and O–H groups in total. The van der Waals surface area contributed by atoms with Crippen LogP contribution in [0.15, 0.2) is 0 Å². The Balaban J connectivity index is 1.78. The zero-order chi connectivity index (χ0) is 10.7. The van der Waals surface area contributed by atoms with Crippen LogP contribution in [-0.4, -0.2) is 49.0 Å². The quantitative estimate of drug-likeness (QED) is 0.766. The molecule has 1 heterocycles. The number of aliphatic hydroxyl groups is 1. The third-order valence-electron chi connectivity index (χ3n) is 3.90. The smallest absolute Gasteiger partial charge is 0.0624 e. The standard InChI is InChI=1S/C12H23NO2/c1-13(11-4-2-3-5-11)8-10-9-15-7-6-12(10)14/h10-12,14H,2-9H2,1H3. The first-order chi connectivity index (χ1) is 7.27. The fourth-order valence-electron chi connectivity index (χ4n) is 2.82. The van der Waals surface area contributed by atoms with Crippen molar-refractivity contribution in [3.63, 3.8) is 0 Å². The van der Waals surface area contributed by atoms with Crippen LogP contribution >= 0.6 is 0 Å². The van der Waals surface area contributed by atoms with Gasteiger partial charge < -0.3 is 14.7 Å². The number of hydrogen-bond donors (Lipinski definition) is 1. The van der Waals surface area contributed by atoms with Gasteiger partial charge in [0.1, 0.15) is 0 Å². The summed E-state index contributed by atoms with van der Waals surface area (Å²) >= 11 is 0. The van der Waals surface area contributed by atoms with E-state index in [-0.39, 0.29) is 6.10 Å². The van der Waals surface area contributed by atoms with Gasteiger partial charge in [-0.25, -0.2) is 0 Å². The lowest BCUT2D eigenvalue weighted by molar-refractivity contribution is -0.0475. The lowest BCUT2D eigenvalue weighted by Crippen LogP contribution is -2.42. The molecule has 3 nitrogen and oxygen atoms in total. The summed E-state index contributed by atoms with van der Waals surface area (Å²) in [5, 5.41) is 9.85. The zero-order valence-corrected chi connectivity index (χ0v) is 9.69. The summed E-state index contributed by atoms with van der Waals surface area (Å²) in [6.07, 6.45) is 6.07. The van der Waals surface area contributed by atoms with Crippen molar-refractivity contribution < 1.29 is 9.84 Å². The molecule has 1 saturated carbocycles. The molecule has 2 atom stereocenters. The molecule has 15 heavy (non-hydrogen) atoms. The summed E-state index contributed by atoms with van der Waals surface area (Å²) in [5.74, 6) is 0.323. The van der Waals surface area contributed by atoms with Crippen molar-refractivity contribution in [1.82, 2.24) is 4.90 Å². The van der Waals surface area contributed by atoms with Crippen LogP contribution < -0.4 is 0 Å². The van der Waals surface area contributed by atoms with Gasteiger partial charge in [-0.1, -0.05) is 12.8 Å². The summed E-state index contributed by atoms with van der Waals surface area (Å²) in [5.41, 5.74) is 0. The van der Waals surface area contributed by atoms with Crippen LogP contribution in [0.4, 0.5) is 0 Å². The number of ether oxygens (including phenoxy) is 1. The summed E-state index contributed by atoms with van der Waals surface area (Å²) in [4.78, 5) is 2.43. The fourth-order valence-corrected chi connectivity index (χ4v) is 2.82. The lowest BCUT2D eigenvalue weighted by Gasteiger charge is -2.33. The molecule has 2 aliphatic rings. The molecule has 0 aromatic rings. The van der Waals surface area contributed by atoms with Gasteiger partial charge in [0.05, 0.1) is 12.7 Å². The zero-order valence-electron chi connectivity index (χ0n) is 9.69. The summed E-state index contributed by atoms with van der Waals surface area (Å²) in [6.45, 7) is 2.45. The molecule has 2 rings (SSSR count). The SMILES string of the molecule is CN(CC1COCCC1O)C1CCCC1. The molecule has 2 unspecified atom stereocenters. The number of nitrogens with zero attached hydrogens (tertiary/aromatic N) is 1. The van der Waals surface area contributed by atoms with Gasteiger partial charge in [0.25, 0.3) is 0 Å². The minimum Gasteiger partial charge on any atom is -0.393 e. The Bertz CT molecular complexity index is 192. The van der Waals surface area contributed by atoms with Gasteiger partial charge in [0.15, 0.2) is 0 Å². The second-order valence-electron chi connectivity index (χ2n) is 5.07. The highest BCUT2D eigenvalue weighted by atomic mass is 16.5. The first-order valence-corrected chi connectivity index (χ1v) is 6.23. The van der Waals surface area contributed by atoms with Crippen molar-refractivity contribution in [2.45, 2.75) is 44.2 Å². The first-order valence-electron chi connectivity index (χ1n) is 6.23. The highest BCUT2D eigenvalue weighted by Crippen LogP contribution is 2.24. The maximum absolute atomic E-state index is 9.85. The minimum absolute atomic E-state index is 0.150. The van der Waals surface area contributed by atoms with Crippen LogP contribution in [0.2, 0.25) is 0 Å². The minimum atomic E-state index is -0.150. The van der Waals surface area contributed by atoms with E-state index in [9.17, 15) is 5.11 Å². The van der Waals surface area contributed by atoms with Crippen molar-refractivity contribution in [1.29, 1.82) is 0 Å². The van der Waals surface area contributed by atoms with Gasteiger partial charge in [-0.2, -0.15) is 0 Å². The van der Waals surface area contributed by atoms with Crippen LogP contribution in [0.25, 0.3) is 0 Å². The molecule has 0 aromatic heterocycles. The number of aliphatic hydroxyl groups excluding tert-OH is 1. The Labute approximate surface area is 92.4 Å². The van der Waals surface area contributed by atoms with Gasteiger partial charge in [0.2, 0.25) is 0 Å². The molecule has 0 amide bonds. The molecule has 88 valence electrons. The maximum Gasteiger partial charge on any atom is 0.0624 e. The Kier molecular flexibility index (Phi) is 4.00. The molecular weight excluding hydrogens is 190 g/mol. The molecule has 0 bridgehead atoms. The second-order valence-corrected chi connectivity index (χ2v) is 5.07. The molecule has 1 aliphatic carbocycles. The molecule has 2 fully saturated rings. The van der Waals surface area contributed by atoms with Crippen LogP contribution in [0.3, 0.4) is 0 Å². The molecule has 0 radical (unpaired) electrons. The molecule has 3 heteroatoms. The lowest BCUT2D eigenvalue weighted by atomic mass is 9.97. The molecule has 1 saturated heterocycles. The number of rotatable bonds is 3. The predicted molar refractivity (Wildman–Crippen MR) is 59.8 cm³/mol. The van der Waals surface area contributed by atoms with E-state index >= 15 is 0 Å². The third kappa shape index (κ3) is 2.92. The Morgan fingerprint density at radius 2 is 2.00 bits per heavy atom. The van der Waals surface area contributed by atoms with Crippen molar-refractivity contribution in [2.24, 2.45) is 5.92 Å². The molecular formula is C12H23NO2. The van der Waals surface area contributed by atoms with Crippen LogP contribution in [-0.2, 0) is 4.74 Å². The Morgan fingerprint density at radius 3 is 2.67 bits per heavy atom. The highest BCUT2D eigenvalue weighted by Gasteiger charge is 2.28. The van der Waals surface area contributed by atoms with E-state index in [1.807, 2.05) is 0 Å². The Hall–Kier alpha value is -0.120. The van der Waals surface area contributed by atoms with E-state index in [1.54, 1.807) is 0 Å². The van der Waals surface area contributed by atoms with E-state index in [4.69, 9.17) is 4.74 Å². The predicted octanol–water partition coefficient (Wildman–Crippen LogP) is 1.26. The van der Waals surface area contributed by atoms with E-state index in [0.717, 1.165) is 32.2 Å². The normalized spacial score (nSPS) is 33.8. The topological polar surface area (TPSA) is 32.7 Å². The van der Waals surface area contributed by atoms with Crippen LogP contribution in [0.5, 0.6) is 0 Å². The summed E-state index contributed by atoms with van der Waals surface area (Å²) < 4.78 is 5.43. The van der Waals surface area contributed by atoms with Gasteiger partial charge in [-0.15, -0.1) is 0 Å². The number of hydrogen-bond acceptors (Lipinski definition) is 3. The van der Waals surface area contributed by atoms with Gasteiger partial charge in [-0.05, 0) is 26.3 Å². The Morgan fingerprint density at radius 1 is 1.27 bits per heavy atom. The van der Waals surface area contributed by atoms with Crippen LogP contribution in [0.1, 0.15) is 32.1 Å². The molecule has 1 aliphatic heterocycles. The van der Waals surface area contributed by atoms with E-state index in [1.165, 1.54) is 25.7 Å². The highest BCUT2D eigenvalue weighted by molar-refractivity contribution is 4.80. The first kappa shape index (κ1) is 11.4.